The average molecular weight is 367 g/mol. The number of amidine groups is 1. The minimum atomic E-state index is -3.03. The quantitative estimate of drug-likeness (QED) is 0.819. The molecule has 1 aromatic rings. The fourth-order valence-corrected chi connectivity index (χ4v) is 7.19. The van der Waals surface area contributed by atoms with Crippen molar-refractivity contribution in [2.45, 2.75) is 44.4 Å². The molecule has 1 amide bonds. The van der Waals surface area contributed by atoms with Crippen LogP contribution in [0.2, 0.25) is 0 Å². The number of carbonyl (C=O) groups is 1. The molecule has 2 heterocycles. The molecule has 0 aromatic heterocycles. The number of nitrogens with zero attached hydrogens (tertiary/aromatic N) is 2. The van der Waals surface area contributed by atoms with E-state index in [0.29, 0.717) is 11.6 Å². The Labute approximate surface area is 147 Å². The summed E-state index contributed by atoms with van der Waals surface area (Å²) >= 11 is 1.44. The van der Waals surface area contributed by atoms with Crippen LogP contribution in [0.1, 0.15) is 32.3 Å². The Morgan fingerprint density at radius 2 is 2.04 bits per heavy atom. The van der Waals surface area contributed by atoms with Gasteiger partial charge in [-0.1, -0.05) is 43.8 Å². The summed E-state index contributed by atoms with van der Waals surface area (Å²) in [4.78, 5) is 18.3. The molecule has 5 nitrogen and oxygen atoms in total. The Bertz CT molecular complexity index is 774. The van der Waals surface area contributed by atoms with Crippen LogP contribution in [-0.2, 0) is 21.1 Å². The maximum absolute atomic E-state index is 12.1. The lowest BCUT2D eigenvalue weighted by Crippen LogP contribution is -2.38. The number of amides is 1. The summed E-state index contributed by atoms with van der Waals surface area (Å²) in [6, 6.07) is 7.82. The van der Waals surface area contributed by atoms with Crippen LogP contribution in [0.5, 0.6) is 0 Å². The van der Waals surface area contributed by atoms with Gasteiger partial charge >= 0.3 is 0 Å². The number of benzene rings is 1. The van der Waals surface area contributed by atoms with Crippen molar-refractivity contribution >= 4 is 38.4 Å². The van der Waals surface area contributed by atoms with Crippen LogP contribution >= 0.6 is 11.8 Å². The van der Waals surface area contributed by atoms with Gasteiger partial charge in [0.2, 0.25) is 5.91 Å². The smallest absolute Gasteiger partial charge is 0.248 e. The summed E-state index contributed by atoms with van der Waals surface area (Å²) in [7, 11) is -3.03. The monoisotopic (exact) mass is 366 g/mol. The van der Waals surface area contributed by atoms with Gasteiger partial charge in [-0.3, -0.25) is 4.79 Å². The van der Waals surface area contributed by atoms with Crippen molar-refractivity contribution in [3.8, 4) is 0 Å². The fourth-order valence-electron chi connectivity index (χ4n) is 3.27. The third kappa shape index (κ3) is 3.37. The first kappa shape index (κ1) is 17.5. The van der Waals surface area contributed by atoms with Gasteiger partial charge < -0.3 is 4.90 Å². The summed E-state index contributed by atoms with van der Waals surface area (Å²) in [6.07, 6.45) is 2.02. The van der Waals surface area contributed by atoms with Gasteiger partial charge in [0.15, 0.2) is 15.0 Å². The third-order valence-electron chi connectivity index (χ3n) is 4.38. The van der Waals surface area contributed by atoms with Crippen LogP contribution in [0.25, 0.3) is 0 Å². The van der Waals surface area contributed by atoms with Gasteiger partial charge in [0.25, 0.3) is 0 Å². The molecular weight excluding hydrogens is 344 g/mol. The second-order valence-corrected chi connectivity index (χ2v) is 9.55. The zero-order chi connectivity index (χ0) is 17.3. The van der Waals surface area contributed by atoms with E-state index in [1.54, 1.807) is 0 Å². The maximum atomic E-state index is 12.1. The highest BCUT2D eigenvalue weighted by atomic mass is 32.2. The normalized spacial score (nSPS) is 26.8. The first-order valence-electron chi connectivity index (χ1n) is 8.31. The number of rotatable bonds is 4. The van der Waals surface area contributed by atoms with Crippen molar-refractivity contribution in [2.24, 2.45) is 4.99 Å². The van der Waals surface area contributed by atoms with Crippen molar-refractivity contribution in [1.29, 1.82) is 0 Å². The second-order valence-electron chi connectivity index (χ2n) is 6.19. The molecule has 0 bridgehead atoms. The number of carbonyl (C=O) groups excluding carboxylic acids is 1. The summed E-state index contributed by atoms with van der Waals surface area (Å²) < 4.78 is 24.1. The number of hydrogen-bond donors (Lipinski definition) is 0. The number of sulfone groups is 1. The minimum absolute atomic E-state index is 0.0481. The van der Waals surface area contributed by atoms with Gasteiger partial charge in [0.1, 0.15) is 0 Å². The molecular formula is C17H22N2O3S2. The summed E-state index contributed by atoms with van der Waals surface area (Å²) in [6.45, 7) is 4.02. The molecule has 0 unspecified atom stereocenters. The lowest BCUT2D eigenvalue weighted by molar-refractivity contribution is -0.117. The SMILES string of the molecule is CCCC(=O)N=C1S[C@@H]2CS(=O)(=O)C[C@@H]2N1c1ccccc1CC. The van der Waals surface area contributed by atoms with E-state index in [4.69, 9.17) is 0 Å². The predicted octanol–water partition coefficient (Wildman–Crippen LogP) is 2.65. The lowest BCUT2D eigenvalue weighted by Gasteiger charge is -2.26. The van der Waals surface area contributed by atoms with Crippen molar-refractivity contribution in [1.82, 2.24) is 0 Å². The molecule has 0 aliphatic carbocycles. The van der Waals surface area contributed by atoms with Gasteiger partial charge in [0.05, 0.1) is 17.5 Å². The first-order valence-corrected chi connectivity index (χ1v) is 11.0. The zero-order valence-electron chi connectivity index (χ0n) is 13.9. The highest BCUT2D eigenvalue weighted by molar-refractivity contribution is 8.16. The lowest BCUT2D eigenvalue weighted by atomic mass is 10.1. The van der Waals surface area contributed by atoms with Crippen molar-refractivity contribution in [3.63, 3.8) is 0 Å². The molecule has 3 rings (SSSR count). The number of anilines is 1. The fraction of sp³-hybridized carbons (Fsp3) is 0.529. The molecule has 0 N–H and O–H groups in total. The molecule has 2 atom stereocenters. The van der Waals surface area contributed by atoms with Gasteiger partial charge in [-0.15, -0.1) is 0 Å². The Balaban J connectivity index is 2.03. The van der Waals surface area contributed by atoms with E-state index in [-0.39, 0.29) is 28.7 Å². The van der Waals surface area contributed by atoms with E-state index >= 15 is 0 Å². The predicted molar refractivity (Wildman–Crippen MR) is 99.5 cm³/mol. The first-order chi connectivity index (χ1) is 11.4. The number of para-hydroxylation sites is 1. The largest absolute Gasteiger partial charge is 0.315 e. The van der Waals surface area contributed by atoms with E-state index in [1.807, 2.05) is 36.1 Å². The van der Waals surface area contributed by atoms with Gasteiger partial charge in [-0.2, -0.15) is 4.99 Å². The second kappa shape index (κ2) is 6.88. The van der Waals surface area contributed by atoms with E-state index in [0.717, 1.165) is 24.1 Å². The number of aliphatic imine (C=N–C) groups is 1. The molecule has 2 aliphatic heterocycles. The van der Waals surface area contributed by atoms with E-state index in [1.165, 1.54) is 11.8 Å². The Morgan fingerprint density at radius 3 is 2.75 bits per heavy atom. The number of hydrogen-bond acceptors (Lipinski definition) is 4. The summed E-state index contributed by atoms with van der Waals surface area (Å²) in [5.74, 6) is 0.152. The molecule has 7 heteroatoms. The maximum Gasteiger partial charge on any atom is 0.248 e. The van der Waals surface area contributed by atoms with Gasteiger partial charge in [-0.05, 0) is 24.5 Å². The topological polar surface area (TPSA) is 66.8 Å². The van der Waals surface area contributed by atoms with Crippen molar-refractivity contribution in [2.75, 3.05) is 16.4 Å². The highest BCUT2D eigenvalue weighted by Gasteiger charge is 2.49. The van der Waals surface area contributed by atoms with Gasteiger partial charge in [0, 0.05) is 17.4 Å². The van der Waals surface area contributed by atoms with E-state index < -0.39 is 9.84 Å². The van der Waals surface area contributed by atoms with Gasteiger partial charge in [-0.25, -0.2) is 8.42 Å². The van der Waals surface area contributed by atoms with E-state index in [9.17, 15) is 13.2 Å². The Kier molecular flexibility index (Phi) is 5.01. The number of aryl methyl sites for hydroxylation is 1. The summed E-state index contributed by atoms with van der Waals surface area (Å²) in [5, 5.41) is 0.604. The Morgan fingerprint density at radius 1 is 1.29 bits per heavy atom. The van der Waals surface area contributed by atoms with E-state index in [2.05, 4.69) is 11.9 Å². The van der Waals surface area contributed by atoms with Crippen LogP contribution in [0.3, 0.4) is 0 Å². The standard InChI is InChI=1S/C17H22N2O3S2/c1-3-7-16(20)18-17-19(13-9-6-5-8-12(13)4-2)14-10-24(21,22)11-15(14)23-17/h5-6,8-9,14-15H,3-4,7,10-11H2,1-2H3/t14-,15+/m0/s1. The molecule has 2 fully saturated rings. The van der Waals surface area contributed by atoms with Crippen LogP contribution in [0, 0.1) is 0 Å². The Hall–Kier alpha value is -1.34. The van der Waals surface area contributed by atoms with Crippen LogP contribution < -0.4 is 4.90 Å². The molecule has 0 spiro atoms. The van der Waals surface area contributed by atoms with Crippen LogP contribution in [0.15, 0.2) is 29.3 Å². The van der Waals surface area contributed by atoms with Crippen molar-refractivity contribution < 1.29 is 13.2 Å². The third-order valence-corrected chi connectivity index (χ3v) is 7.59. The van der Waals surface area contributed by atoms with Crippen LogP contribution in [0.4, 0.5) is 5.69 Å². The highest BCUT2D eigenvalue weighted by Crippen LogP contribution is 2.42. The average Bonchev–Trinajstić information content (AvgIpc) is 2.98. The van der Waals surface area contributed by atoms with Crippen molar-refractivity contribution in [3.05, 3.63) is 29.8 Å². The molecule has 0 radical (unpaired) electrons. The molecule has 2 aliphatic rings. The number of fused-ring (bicyclic) bond motifs is 1. The minimum Gasteiger partial charge on any atom is -0.315 e. The molecule has 24 heavy (non-hydrogen) atoms. The number of thioether (sulfide) groups is 1. The summed E-state index contributed by atoms with van der Waals surface area (Å²) in [5.41, 5.74) is 2.11. The molecule has 1 aromatic carbocycles. The molecule has 0 saturated carbocycles. The zero-order valence-corrected chi connectivity index (χ0v) is 15.6. The molecule has 130 valence electrons. The molecule has 2 saturated heterocycles. The van der Waals surface area contributed by atoms with Crippen LogP contribution in [-0.4, -0.2) is 42.3 Å².